The van der Waals surface area contributed by atoms with Gasteiger partial charge in [-0.25, -0.2) is 13.8 Å². The molecule has 0 aliphatic carbocycles. The van der Waals surface area contributed by atoms with Gasteiger partial charge in [0, 0.05) is 24.0 Å². The molecule has 0 aliphatic heterocycles. The molecular formula is C15H12BrF2N3O. The van der Waals surface area contributed by atoms with E-state index in [1.54, 1.807) is 29.1 Å². The molecule has 0 amide bonds. The maximum atomic E-state index is 13.7. The largest absolute Gasteiger partial charge is 0.392 e. The first-order valence-electron chi connectivity index (χ1n) is 6.60. The molecule has 2 heterocycles. The summed E-state index contributed by atoms with van der Waals surface area (Å²) in [5, 5.41) is 9.21. The summed E-state index contributed by atoms with van der Waals surface area (Å²) < 4.78 is 28.6. The first-order chi connectivity index (χ1) is 10.6. The molecule has 0 bridgehead atoms. The van der Waals surface area contributed by atoms with Crippen LogP contribution in [0.5, 0.6) is 0 Å². The SMILES string of the molecule is OCc1cncc(-c2nc3cc(F)c(Br)cc3n2CCF)c1. The van der Waals surface area contributed by atoms with Crippen LogP contribution in [0.3, 0.4) is 0 Å². The van der Waals surface area contributed by atoms with E-state index in [1.807, 2.05) is 0 Å². The van der Waals surface area contributed by atoms with Crippen molar-refractivity contribution in [2.45, 2.75) is 13.2 Å². The van der Waals surface area contributed by atoms with Crippen LogP contribution in [0.15, 0.2) is 35.1 Å². The Balaban J connectivity index is 2.25. The summed E-state index contributed by atoms with van der Waals surface area (Å²) in [6.07, 6.45) is 3.13. The maximum absolute atomic E-state index is 13.7. The van der Waals surface area contributed by atoms with Gasteiger partial charge in [-0.15, -0.1) is 0 Å². The monoisotopic (exact) mass is 367 g/mol. The fourth-order valence-electron chi connectivity index (χ4n) is 2.35. The number of hydrogen-bond acceptors (Lipinski definition) is 3. The zero-order valence-corrected chi connectivity index (χ0v) is 13.0. The van der Waals surface area contributed by atoms with E-state index in [4.69, 9.17) is 0 Å². The van der Waals surface area contributed by atoms with Gasteiger partial charge in [-0.05, 0) is 33.6 Å². The summed E-state index contributed by atoms with van der Waals surface area (Å²) in [6, 6.07) is 4.62. The Bertz CT molecular complexity index is 835. The Labute approximate surface area is 133 Å². The Morgan fingerprint density at radius 1 is 1.23 bits per heavy atom. The molecule has 114 valence electrons. The van der Waals surface area contributed by atoms with Crippen LogP contribution in [0.4, 0.5) is 8.78 Å². The molecule has 1 N–H and O–H groups in total. The average molecular weight is 368 g/mol. The number of aromatic nitrogens is 3. The number of hydrogen-bond donors (Lipinski definition) is 1. The molecular weight excluding hydrogens is 356 g/mol. The van der Waals surface area contributed by atoms with Gasteiger partial charge < -0.3 is 9.67 Å². The predicted octanol–water partition coefficient (Wildman–Crippen LogP) is 3.46. The van der Waals surface area contributed by atoms with Crippen LogP contribution >= 0.6 is 15.9 Å². The minimum Gasteiger partial charge on any atom is -0.392 e. The molecule has 1 aromatic carbocycles. The third-order valence-corrected chi connectivity index (χ3v) is 3.94. The molecule has 0 fully saturated rings. The highest BCUT2D eigenvalue weighted by Crippen LogP contribution is 2.28. The normalized spacial score (nSPS) is 11.3. The molecule has 0 radical (unpaired) electrons. The van der Waals surface area contributed by atoms with Gasteiger partial charge in [0.1, 0.15) is 18.3 Å². The summed E-state index contributed by atoms with van der Waals surface area (Å²) in [7, 11) is 0. The molecule has 0 unspecified atom stereocenters. The zero-order valence-electron chi connectivity index (χ0n) is 11.4. The number of aliphatic hydroxyl groups is 1. The van der Waals surface area contributed by atoms with Crippen molar-refractivity contribution < 1.29 is 13.9 Å². The van der Waals surface area contributed by atoms with Crippen molar-refractivity contribution in [2.75, 3.05) is 6.67 Å². The van der Waals surface area contributed by atoms with Gasteiger partial charge in [0.15, 0.2) is 0 Å². The van der Waals surface area contributed by atoms with Crippen molar-refractivity contribution in [3.05, 3.63) is 46.4 Å². The minimum absolute atomic E-state index is 0.104. The first kappa shape index (κ1) is 15.1. The lowest BCUT2D eigenvalue weighted by Gasteiger charge is -2.07. The van der Waals surface area contributed by atoms with Gasteiger partial charge >= 0.3 is 0 Å². The second-order valence-electron chi connectivity index (χ2n) is 4.77. The van der Waals surface area contributed by atoms with Gasteiger partial charge in [0.25, 0.3) is 0 Å². The van der Waals surface area contributed by atoms with Crippen molar-refractivity contribution >= 4 is 27.0 Å². The molecule has 0 aliphatic rings. The van der Waals surface area contributed by atoms with Gasteiger partial charge in [0.05, 0.1) is 28.7 Å². The third-order valence-electron chi connectivity index (χ3n) is 3.33. The second-order valence-corrected chi connectivity index (χ2v) is 5.63. The third kappa shape index (κ3) is 2.62. The summed E-state index contributed by atoms with van der Waals surface area (Å²) >= 11 is 3.13. The number of benzene rings is 1. The van der Waals surface area contributed by atoms with Crippen molar-refractivity contribution in [1.29, 1.82) is 0 Å². The molecule has 0 saturated carbocycles. The number of fused-ring (bicyclic) bond motifs is 1. The Kier molecular flexibility index (Phi) is 4.17. The van der Waals surface area contributed by atoms with Gasteiger partial charge in [-0.3, -0.25) is 4.98 Å². The predicted molar refractivity (Wildman–Crippen MR) is 82.5 cm³/mol. The highest BCUT2D eigenvalue weighted by Gasteiger charge is 2.15. The van der Waals surface area contributed by atoms with Crippen molar-refractivity contribution in [1.82, 2.24) is 14.5 Å². The molecule has 3 aromatic rings. The number of aliphatic hydroxyl groups excluding tert-OH is 1. The van der Waals surface area contributed by atoms with E-state index in [0.717, 1.165) is 0 Å². The Hall–Kier alpha value is -1.86. The van der Waals surface area contributed by atoms with Gasteiger partial charge in [-0.2, -0.15) is 0 Å². The van der Waals surface area contributed by atoms with Crippen LogP contribution in [0.25, 0.3) is 22.4 Å². The smallest absolute Gasteiger partial charge is 0.142 e. The van der Waals surface area contributed by atoms with Gasteiger partial charge in [-0.1, -0.05) is 0 Å². The number of rotatable bonds is 4. The summed E-state index contributed by atoms with van der Waals surface area (Å²) in [4.78, 5) is 8.44. The van der Waals surface area contributed by atoms with E-state index in [1.165, 1.54) is 6.07 Å². The molecule has 3 rings (SSSR count). The molecule has 2 aromatic heterocycles. The lowest BCUT2D eigenvalue weighted by atomic mass is 10.2. The van der Waals surface area contributed by atoms with E-state index in [0.29, 0.717) is 32.5 Å². The number of imidazole rings is 1. The Morgan fingerprint density at radius 2 is 2.05 bits per heavy atom. The molecule has 0 atom stereocenters. The van der Waals surface area contributed by atoms with E-state index >= 15 is 0 Å². The van der Waals surface area contributed by atoms with E-state index in [9.17, 15) is 13.9 Å². The summed E-state index contributed by atoms with van der Waals surface area (Å²) in [5.74, 6) is 0.0686. The van der Waals surface area contributed by atoms with Crippen LogP contribution in [-0.2, 0) is 13.2 Å². The first-order valence-corrected chi connectivity index (χ1v) is 7.39. The Morgan fingerprint density at radius 3 is 2.77 bits per heavy atom. The highest BCUT2D eigenvalue weighted by atomic mass is 79.9. The lowest BCUT2D eigenvalue weighted by molar-refractivity contribution is 0.281. The van der Waals surface area contributed by atoms with Crippen LogP contribution in [0.1, 0.15) is 5.56 Å². The van der Waals surface area contributed by atoms with Crippen molar-refractivity contribution in [2.24, 2.45) is 0 Å². The molecule has 22 heavy (non-hydrogen) atoms. The summed E-state index contributed by atoms with van der Waals surface area (Å²) in [6.45, 7) is -0.613. The van der Waals surface area contributed by atoms with Crippen LogP contribution in [-0.4, -0.2) is 26.3 Å². The number of aryl methyl sites for hydroxylation is 1. The van der Waals surface area contributed by atoms with E-state index < -0.39 is 12.5 Å². The van der Waals surface area contributed by atoms with E-state index in [2.05, 4.69) is 25.9 Å². The molecule has 4 nitrogen and oxygen atoms in total. The maximum Gasteiger partial charge on any atom is 0.142 e. The quantitative estimate of drug-likeness (QED) is 0.768. The van der Waals surface area contributed by atoms with Crippen LogP contribution in [0, 0.1) is 5.82 Å². The molecule has 7 heteroatoms. The topological polar surface area (TPSA) is 50.9 Å². The van der Waals surface area contributed by atoms with Crippen molar-refractivity contribution in [3.63, 3.8) is 0 Å². The number of alkyl halides is 1. The standard InChI is InChI=1S/C15H12BrF2N3O/c16-11-4-14-13(5-12(11)18)20-15(21(14)2-1-17)10-3-9(8-22)6-19-7-10/h3-7,22H,1-2,8H2. The lowest BCUT2D eigenvalue weighted by Crippen LogP contribution is -2.03. The summed E-state index contributed by atoms with van der Waals surface area (Å²) in [5.41, 5.74) is 2.35. The van der Waals surface area contributed by atoms with Crippen LogP contribution in [0.2, 0.25) is 0 Å². The fourth-order valence-corrected chi connectivity index (χ4v) is 2.68. The van der Waals surface area contributed by atoms with E-state index in [-0.39, 0.29) is 13.2 Å². The number of pyridine rings is 1. The average Bonchev–Trinajstić information content (AvgIpc) is 2.86. The van der Waals surface area contributed by atoms with Gasteiger partial charge in [0.2, 0.25) is 0 Å². The number of nitrogens with zero attached hydrogens (tertiary/aromatic N) is 3. The molecule has 0 saturated heterocycles. The van der Waals surface area contributed by atoms with Crippen LogP contribution < -0.4 is 0 Å². The molecule has 0 spiro atoms. The second kappa shape index (κ2) is 6.10. The fraction of sp³-hybridized carbons (Fsp3) is 0.200. The van der Waals surface area contributed by atoms with Crippen molar-refractivity contribution in [3.8, 4) is 11.4 Å². The minimum atomic E-state index is -0.569. The zero-order chi connectivity index (χ0) is 15.7. The highest BCUT2D eigenvalue weighted by molar-refractivity contribution is 9.10. The number of halogens is 3.